The number of rotatable bonds is 6. The molecule has 0 saturated carbocycles. The molecule has 0 aliphatic carbocycles. The van der Waals surface area contributed by atoms with Gasteiger partial charge in [-0.1, -0.05) is 30.3 Å². The highest BCUT2D eigenvalue weighted by Gasteiger charge is 2.42. The third-order valence-corrected chi connectivity index (χ3v) is 4.20. The second-order valence-electron chi connectivity index (χ2n) is 5.66. The first-order chi connectivity index (χ1) is 11.0. The molecule has 1 saturated heterocycles. The lowest BCUT2D eigenvalue weighted by Gasteiger charge is -2.37. The number of carbonyl (C=O) groups is 3. The van der Waals surface area contributed by atoms with Crippen LogP contribution in [0.2, 0.25) is 0 Å². The maximum atomic E-state index is 12.8. The van der Waals surface area contributed by atoms with E-state index in [-0.39, 0.29) is 0 Å². The Morgan fingerprint density at radius 1 is 1.13 bits per heavy atom. The molecule has 1 aromatic rings. The van der Waals surface area contributed by atoms with E-state index < -0.39 is 35.7 Å². The lowest BCUT2D eigenvalue weighted by molar-refractivity contribution is -0.148. The van der Waals surface area contributed by atoms with Gasteiger partial charge in [0.25, 0.3) is 0 Å². The Kier molecular flexibility index (Phi) is 5.33. The number of hydrogen-bond acceptors (Lipinski definition) is 4. The molecular formula is C16H20N2O5. The van der Waals surface area contributed by atoms with Crippen LogP contribution in [0.15, 0.2) is 30.3 Å². The largest absolute Gasteiger partial charge is 0.481 e. The zero-order valence-corrected chi connectivity index (χ0v) is 12.6. The van der Waals surface area contributed by atoms with Gasteiger partial charge in [0.15, 0.2) is 0 Å². The van der Waals surface area contributed by atoms with Crippen molar-refractivity contribution in [3.8, 4) is 0 Å². The summed E-state index contributed by atoms with van der Waals surface area (Å²) in [6.07, 6.45) is 0.411. The van der Waals surface area contributed by atoms with Gasteiger partial charge in [0.2, 0.25) is 5.91 Å². The Morgan fingerprint density at radius 2 is 1.74 bits per heavy atom. The number of aliphatic carboxylic acids is 2. The Hall–Kier alpha value is -2.41. The van der Waals surface area contributed by atoms with Gasteiger partial charge in [0.1, 0.15) is 6.04 Å². The average molecular weight is 320 g/mol. The zero-order valence-electron chi connectivity index (χ0n) is 12.6. The molecule has 1 amide bonds. The standard InChI is InChI=1S/C16H20N2O5/c19-13(20)10-12(14(21)22)18-15(23)16(6-8-17-9-7-16)11-4-2-1-3-5-11/h1-5,12,17H,6-10H2,(H,18,23)(H,19,20)(H,21,22)/t12-/m0/s1. The van der Waals surface area contributed by atoms with E-state index in [2.05, 4.69) is 10.6 Å². The van der Waals surface area contributed by atoms with E-state index in [1.807, 2.05) is 30.3 Å². The molecule has 1 aliphatic rings. The van der Waals surface area contributed by atoms with Crippen molar-refractivity contribution < 1.29 is 24.6 Å². The van der Waals surface area contributed by atoms with Crippen molar-refractivity contribution in [3.05, 3.63) is 35.9 Å². The predicted octanol–water partition coefficient (Wildman–Crippen LogP) is 0.352. The van der Waals surface area contributed by atoms with E-state index >= 15 is 0 Å². The highest BCUT2D eigenvalue weighted by atomic mass is 16.4. The molecule has 124 valence electrons. The van der Waals surface area contributed by atoms with Gasteiger partial charge in [0.05, 0.1) is 11.8 Å². The van der Waals surface area contributed by atoms with Crippen molar-refractivity contribution in [2.75, 3.05) is 13.1 Å². The number of piperidine rings is 1. The molecule has 1 aliphatic heterocycles. The molecule has 7 nitrogen and oxygen atoms in total. The first-order valence-electron chi connectivity index (χ1n) is 7.47. The van der Waals surface area contributed by atoms with Gasteiger partial charge in [-0.15, -0.1) is 0 Å². The minimum atomic E-state index is -1.43. The number of carbonyl (C=O) groups excluding carboxylic acids is 1. The van der Waals surface area contributed by atoms with Crippen LogP contribution in [-0.2, 0) is 19.8 Å². The second-order valence-corrected chi connectivity index (χ2v) is 5.66. The molecule has 0 spiro atoms. The molecule has 0 bridgehead atoms. The van der Waals surface area contributed by atoms with Crippen LogP contribution in [0.5, 0.6) is 0 Å². The van der Waals surface area contributed by atoms with Crippen LogP contribution in [-0.4, -0.2) is 47.2 Å². The molecule has 1 fully saturated rings. The first-order valence-corrected chi connectivity index (χ1v) is 7.47. The van der Waals surface area contributed by atoms with Crippen LogP contribution < -0.4 is 10.6 Å². The molecule has 0 radical (unpaired) electrons. The maximum Gasteiger partial charge on any atom is 0.326 e. The van der Waals surface area contributed by atoms with Gasteiger partial charge in [-0.3, -0.25) is 9.59 Å². The molecule has 1 atom stereocenters. The number of benzene rings is 1. The lowest BCUT2D eigenvalue weighted by Crippen LogP contribution is -2.54. The highest BCUT2D eigenvalue weighted by molar-refractivity contribution is 5.93. The number of carboxylic acids is 2. The molecule has 1 heterocycles. The number of amides is 1. The van der Waals surface area contributed by atoms with Crippen LogP contribution in [0.25, 0.3) is 0 Å². The smallest absolute Gasteiger partial charge is 0.326 e. The maximum absolute atomic E-state index is 12.8. The molecule has 1 aromatic carbocycles. The summed E-state index contributed by atoms with van der Waals surface area (Å²) in [6.45, 7) is 1.28. The fourth-order valence-electron chi connectivity index (χ4n) is 2.93. The van der Waals surface area contributed by atoms with Crippen LogP contribution in [0.4, 0.5) is 0 Å². The molecule has 0 unspecified atom stereocenters. The summed E-state index contributed by atoms with van der Waals surface area (Å²) in [5.41, 5.74) is -0.0166. The van der Waals surface area contributed by atoms with Gasteiger partial charge in [-0.05, 0) is 31.5 Å². The van der Waals surface area contributed by atoms with E-state index in [1.54, 1.807) is 0 Å². The summed E-state index contributed by atoms with van der Waals surface area (Å²) in [5.74, 6) is -3.05. The Balaban J connectivity index is 2.27. The van der Waals surface area contributed by atoms with Crippen LogP contribution >= 0.6 is 0 Å². The Bertz CT molecular complexity index is 581. The molecule has 23 heavy (non-hydrogen) atoms. The molecule has 0 aromatic heterocycles. The fourth-order valence-corrected chi connectivity index (χ4v) is 2.93. The van der Waals surface area contributed by atoms with Crippen molar-refractivity contribution in [2.45, 2.75) is 30.7 Å². The van der Waals surface area contributed by atoms with Crippen molar-refractivity contribution in [2.24, 2.45) is 0 Å². The van der Waals surface area contributed by atoms with Crippen LogP contribution in [0.1, 0.15) is 24.8 Å². The van der Waals surface area contributed by atoms with Gasteiger partial charge in [-0.25, -0.2) is 4.79 Å². The molecule has 4 N–H and O–H groups in total. The molecule has 7 heteroatoms. The normalized spacial score (nSPS) is 17.9. The third-order valence-electron chi connectivity index (χ3n) is 4.20. The van der Waals surface area contributed by atoms with Gasteiger partial charge in [-0.2, -0.15) is 0 Å². The van der Waals surface area contributed by atoms with Crippen molar-refractivity contribution in [3.63, 3.8) is 0 Å². The second kappa shape index (κ2) is 7.23. The summed E-state index contributed by atoms with van der Waals surface area (Å²) in [6, 6.07) is 7.77. The minimum absolute atomic E-state index is 0.432. The molecule has 2 rings (SSSR count). The van der Waals surface area contributed by atoms with E-state index in [9.17, 15) is 14.4 Å². The summed E-state index contributed by atoms with van der Waals surface area (Å²) in [5, 5.41) is 23.5. The van der Waals surface area contributed by atoms with Crippen LogP contribution in [0, 0.1) is 0 Å². The monoisotopic (exact) mass is 320 g/mol. The summed E-state index contributed by atoms with van der Waals surface area (Å²) in [4.78, 5) is 34.8. The van der Waals surface area contributed by atoms with Crippen molar-refractivity contribution >= 4 is 17.8 Å². The number of hydrogen-bond donors (Lipinski definition) is 4. The van der Waals surface area contributed by atoms with Crippen molar-refractivity contribution in [1.29, 1.82) is 0 Å². The van der Waals surface area contributed by atoms with E-state index in [4.69, 9.17) is 10.2 Å². The van der Waals surface area contributed by atoms with E-state index in [0.29, 0.717) is 25.9 Å². The molecular weight excluding hydrogens is 300 g/mol. The average Bonchev–Trinajstić information content (AvgIpc) is 2.55. The van der Waals surface area contributed by atoms with Gasteiger partial charge >= 0.3 is 11.9 Å². The van der Waals surface area contributed by atoms with Crippen molar-refractivity contribution in [1.82, 2.24) is 10.6 Å². The quantitative estimate of drug-likeness (QED) is 0.601. The predicted molar refractivity (Wildman–Crippen MR) is 82.0 cm³/mol. The van der Waals surface area contributed by atoms with Gasteiger partial charge < -0.3 is 20.8 Å². The fraction of sp³-hybridized carbons (Fsp3) is 0.438. The SMILES string of the molecule is O=C(O)C[C@H](NC(=O)C1(c2ccccc2)CCNCC1)C(=O)O. The Labute approximate surface area is 133 Å². The zero-order chi connectivity index (χ0) is 16.9. The van der Waals surface area contributed by atoms with E-state index in [0.717, 1.165) is 5.56 Å². The summed E-state index contributed by atoms with van der Waals surface area (Å²) >= 11 is 0. The topological polar surface area (TPSA) is 116 Å². The Morgan fingerprint density at radius 3 is 2.26 bits per heavy atom. The lowest BCUT2D eigenvalue weighted by atomic mass is 9.72. The van der Waals surface area contributed by atoms with E-state index in [1.165, 1.54) is 0 Å². The van der Waals surface area contributed by atoms with Gasteiger partial charge in [0, 0.05) is 0 Å². The summed E-state index contributed by atoms with van der Waals surface area (Å²) in [7, 11) is 0. The third kappa shape index (κ3) is 3.87. The number of carboxylic acid groups (broad SMARTS) is 2. The minimum Gasteiger partial charge on any atom is -0.481 e. The highest BCUT2D eigenvalue weighted by Crippen LogP contribution is 2.34. The first kappa shape index (κ1) is 17.0. The van der Waals surface area contributed by atoms with Crippen LogP contribution in [0.3, 0.4) is 0 Å². The summed E-state index contributed by atoms with van der Waals surface area (Å²) < 4.78 is 0. The number of nitrogens with one attached hydrogen (secondary N) is 2.